The van der Waals surface area contributed by atoms with Gasteiger partial charge in [-0.3, -0.25) is 0 Å². The van der Waals surface area contributed by atoms with E-state index in [2.05, 4.69) is 24.9 Å². The molecule has 5 nitrogen and oxygen atoms in total. The first-order chi connectivity index (χ1) is 9.33. The van der Waals surface area contributed by atoms with E-state index in [1.54, 1.807) is 36.9 Å². The highest BCUT2D eigenvalue weighted by Gasteiger charge is 2.08. The topological polar surface area (TPSA) is 64.5 Å². The smallest absolute Gasteiger partial charge is 0.241 e. The Kier molecular flexibility index (Phi) is 3.27. The van der Waals surface area contributed by atoms with E-state index in [4.69, 9.17) is 0 Å². The Bertz CT molecular complexity index is 630. The average Bonchev–Trinajstić information content (AvgIpc) is 2.48. The van der Waals surface area contributed by atoms with E-state index in [0.717, 1.165) is 27.7 Å². The first kappa shape index (κ1) is 11.9. The van der Waals surface area contributed by atoms with E-state index in [1.807, 2.05) is 12.1 Å². The summed E-state index contributed by atoms with van der Waals surface area (Å²) in [5, 5.41) is 0. The van der Waals surface area contributed by atoms with Crippen LogP contribution in [0.2, 0.25) is 0 Å². The van der Waals surface area contributed by atoms with E-state index in [9.17, 15) is 0 Å². The van der Waals surface area contributed by atoms with Crippen molar-refractivity contribution in [3.63, 3.8) is 0 Å². The van der Waals surface area contributed by atoms with Gasteiger partial charge >= 0.3 is 0 Å². The minimum atomic E-state index is 0.623. The van der Waals surface area contributed by atoms with Crippen LogP contribution in [0.3, 0.4) is 0 Å². The maximum atomic E-state index is 4.55. The van der Waals surface area contributed by atoms with E-state index in [1.165, 1.54) is 4.43 Å². The van der Waals surface area contributed by atoms with Gasteiger partial charge in [-0.1, -0.05) is 0 Å². The van der Waals surface area contributed by atoms with E-state index < -0.39 is 0 Å². The van der Waals surface area contributed by atoms with Crippen LogP contribution in [0, 0.1) is 0 Å². The second-order valence-electron chi connectivity index (χ2n) is 4.06. The lowest BCUT2D eigenvalue weighted by atomic mass is 10.2. The van der Waals surface area contributed by atoms with Gasteiger partial charge in [-0.05, 0) is 24.3 Å². The molecule has 0 aliphatic carbocycles. The lowest BCUT2D eigenvalue weighted by Crippen LogP contribution is -2.07. The molecule has 0 fully saturated rings. The molecule has 0 aromatic carbocycles. The standard InChI is InChI=1S/C13H8N5.Al.2H/c1-4-10(12-14-6-2-7-15-12)18-11(5-1)13-16-8-3-9-17-13;;;/h2-9H;;;. The fourth-order valence-electron chi connectivity index (χ4n) is 1.76. The van der Waals surface area contributed by atoms with E-state index in [-0.39, 0.29) is 0 Å². The summed E-state index contributed by atoms with van der Waals surface area (Å²) in [4.78, 5) is 21.4. The average molecular weight is 263 g/mol. The highest BCUT2D eigenvalue weighted by molar-refractivity contribution is 6.32. The van der Waals surface area contributed by atoms with Crippen molar-refractivity contribution in [2.24, 2.45) is 0 Å². The predicted octanol–water partition coefficient (Wildman–Crippen LogP) is 0.254. The third kappa shape index (κ3) is 2.65. The molecule has 3 aromatic heterocycles. The van der Waals surface area contributed by atoms with Gasteiger partial charge in [0.25, 0.3) is 16.3 Å². The lowest BCUT2D eigenvalue weighted by molar-refractivity contribution is 1.11. The molecule has 90 valence electrons. The number of hydrogen-bond acceptors (Lipinski definition) is 5. The van der Waals surface area contributed by atoms with Crippen molar-refractivity contribution in [1.82, 2.24) is 24.9 Å². The number of rotatable bonds is 2. The monoisotopic (exact) mass is 263 g/mol. The Morgan fingerprint density at radius 3 is 1.53 bits per heavy atom. The molecule has 19 heavy (non-hydrogen) atoms. The molecule has 0 saturated carbocycles. The van der Waals surface area contributed by atoms with Crippen LogP contribution in [-0.2, 0) is 0 Å². The van der Waals surface area contributed by atoms with Gasteiger partial charge in [-0.15, -0.1) is 4.43 Å². The number of hydrogen-bond donors (Lipinski definition) is 0. The number of aromatic nitrogens is 5. The van der Waals surface area contributed by atoms with Crippen LogP contribution >= 0.6 is 0 Å². The van der Waals surface area contributed by atoms with Gasteiger partial charge in [0.05, 0.1) is 0 Å². The number of nitrogens with zero attached hydrogens (tertiary/aromatic N) is 5. The van der Waals surface area contributed by atoms with Crippen molar-refractivity contribution in [2.75, 3.05) is 0 Å². The molecule has 3 rings (SSSR count). The van der Waals surface area contributed by atoms with Crippen LogP contribution in [0.1, 0.15) is 0 Å². The Balaban J connectivity index is 2.12. The Hall–Kier alpha value is -2.16. The minimum absolute atomic E-state index is 0.623. The fourth-order valence-corrected chi connectivity index (χ4v) is 2.31. The summed E-state index contributed by atoms with van der Waals surface area (Å²) < 4.78 is 1.21. The Labute approximate surface area is 118 Å². The molecule has 0 radical (unpaired) electrons. The SMILES string of the molecule is [AlH2][c]1cc(-c2ncccn2)nc(-c2ncccn2)c1. The van der Waals surface area contributed by atoms with E-state index >= 15 is 0 Å². The quantitative estimate of drug-likeness (QED) is 0.620. The van der Waals surface area contributed by atoms with Gasteiger partial charge in [0.15, 0.2) is 11.6 Å². The summed E-state index contributed by atoms with van der Waals surface area (Å²) in [7, 11) is 0. The summed E-state index contributed by atoms with van der Waals surface area (Å²) in [6.07, 6.45) is 6.84. The zero-order chi connectivity index (χ0) is 13.1. The molecule has 0 bridgehead atoms. The van der Waals surface area contributed by atoms with Crippen molar-refractivity contribution >= 4 is 20.7 Å². The molecule has 3 aromatic rings. The van der Waals surface area contributed by atoms with Crippen LogP contribution in [0.5, 0.6) is 0 Å². The Morgan fingerprint density at radius 1 is 0.684 bits per heavy atom. The minimum Gasteiger partial charge on any atom is -0.241 e. The van der Waals surface area contributed by atoms with Gasteiger partial charge < -0.3 is 0 Å². The van der Waals surface area contributed by atoms with Gasteiger partial charge in [0.1, 0.15) is 11.4 Å². The predicted molar refractivity (Wildman–Crippen MR) is 74.5 cm³/mol. The van der Waals surface area contributed by atoms with Gasteiger partial charge in [0, 0.05) is 24.8 Å². The third-order valence-corrected chi connectivity index (χ3v) is 3.14. The zero-order valence-corrected chi connectivity index (χ0v) is 12.4. The van der Waals surface area contributed by atoms with Crippen LogP contribution in [0.4, 0.5) is 0 Å². The van der Waals surface area contributed by atoms with Crippen molar-refractivity contribution < 1.29 is 0 Å². The second-order valence-corrected chi connectivity index (χ2v) is 5.21. The highest BCUT2D eigenvalue weighted by atomic mass is 27.0. The van der Waals surface area contributed by atoms with Crippen LogP contribution in [-0.4, -0.2) is 41.2 Å². The van der Waals surface area contributed by atoms with Crippen LogP contribution in [0.15, 0.2) is 49.1 Å². The first-order valence-electron chi connectivity index (χ1n) is 5.86. The summed E-state index contributed by atoms with van der Waals surface area (Å²) >= 11 is 0.922. The lowest BCUT2D eigenvalue weighted by Gasteiger charge is -2.04. The molecular weight excluding hydrogens is 253 g/mol. The summed E-state index contributed by atoms with van der Waals surface area (Å²) in [6.45, 7) is 0. The zero-order valence-electron chi connectivity index (χ0n) is 10.4. The molecule has 0 saturated heterocycles. The van der Waals surface area contributed by atoms with Gasteiger partial charge in [-0.2, -0.15) is 0 Å². The highest BCUT2D eigenvalue weighted by Crippen LogP contribution is 2.15. The van der Waals surface area contributed by atoms with Crippen LogP contribution < -0.4 is 4.43 Å². The molecule has 6 heteroatoms. The molecule has 0 aliphatic heterocycles. The molecule has 0 unspecified atom stereocenters. The maximum Gasteiger partial charge on any atom is 0.259 e. The first-order valence-corrected chi connectivity index (χ1v) is 6.86. The van der Waals surface area contributed by atoms with Crippen molar-refractivity contribution in [3.05, 3.63) is 49.1 Å². The van der Waals surface area contributed by atoms with Crippen LogP contribution in [0.25, 0.3) is 23.0 Å². The van der Waals surface area contributed by atoms with Crippen molar-refractivity contribution in [2.45, 2.75) is 0 Å². The summed E-state index contributed by atoms with van der Waals surface area (Å²) in [5.41, 5.74) is 1.52. The molecule has 0 spiro atoms. The van der Waals surface area contributed by atoms with Gasteiger partial charge in [0.2, 0.25) is 0 Å². The van der Waals surface area contributed by atoms with Crippen molar-refractivity contribution in [1.29, 1.82) is 0 Å². The molecule has 0 amide bonds. The normalized spacial score (nSPS) is 10.3. The number of pyridine rings is 1. The van der Waals surface area contributed by atoms with Gasteiger partial charge in [-0.25, -0.2) is 24.9 Å². The third-order valence-electron chi connectivity index (χ3n) is 2.56. The molecule has 0 aliphatic rings. The molecule has 0 atom stereocenters. The molecule has 0 N–H and O–H groups in total. The van der Waals surface area contributed by atoms with Crippen molar-refractivity contribution in [3.8, 4) is 23.0 Å². The molecular formula is C13H10AlN5. The fraction of sp³-hybridized carbons (Fsp3) is 0. The summed E-state index contributed by atoms with van der Waals surface area (Å²) in [5.74, 6) is 1.25. The Morgan fingerprint density at radius 2 is 1.11 bits per heavy atom. The maximum absolute atomic E-state index is 4.55. The largest absolute Gasteiger partial charge is 0.259 e. The van der Waals surface area contributed by atoms with E-state index in [0.29, 0.717) is 11.6 Å². The summed E-state index contributed by atoms with van der Waals surface area (Å²) in [6, 6.07) is 7.59. The molecule has 3 heterocycles. The second kappa shape index (κ2) is 5.23.